The van der Waals surface area contributed by atoms with E-state index in [-0.39, 0.29) is 39.8 Å². The van der Waals surface area contributed by atoms with Gasteiger partial charge in [0.2, 0.25) is 0 Å². The quantitative estimate of drug-likeness (QED) is 0.120. The minimum absolute atomic E-state index is 0.00246. The zero-order valence-corrected chi connectivity index (χ0v) is 84.8. The molecule has 0 spiro atoms. The Balaban J connectivity index is 0.0000000929. The molecule has 0 radical (unpaired) electrons. The summed E-state index contributed by atoms with van der Waals surface area (Å²) in [6.07, 6.45) is 10.9. The van der Waals surface area contributed by atoms with Gasteiger partial charge in [-0.1, -0.05) is 0 Å². The molecule has 0 atom stereocenters. The van der Waals surface area contributed by atoms with E-state index < -0.39 is 0 Å². The molecule has 11 aromatic heterocycles. The molecule has 11 nitrogen and oxygen atoms in total. The number of rotatable bonds is 11. The van der Waals surface area contributed by atoms with Crippen LogP contribution in [-0.4, -0.2) is 124 Å². The summed E-state index contributed by atoms with van der Waals surface area (Å²) in [5.74, 6) is 0. The number of hydrogen-bond acceptors (Lipinski definition) is 5. The fourth-order valence-corrected chi connectivity index (χ4v) is 28.1. The van der Waals surface area contributed by atoms with Crippen LogP contribution in [0.1, 0.15) is 49.9 Å². The van der Waals surface area contributed by atoms with Crippen molar-refractivity contribution in [2.75, 3.05) is 0 Å². The summed E-state index contributed by atoms with van der Waals surface area (Å²) < 4.78 is 19.5. The standard InChI is InChI=1S/C30H22N2Se.C29H19N3Se.C26H20N2Se.C21H14N2Se.C17H12N2Se/c1-30(2)25-10-6-5-9-23(25)24-14-13-22(18-26(24)30)28-27(31-29-32(28)15-16-33-29)21-12-11-19-7-3-4-8-20(19)17-21;1-2-8-20(9-3-1)27-28(31-18-19-33-29(31)30-27)21-14-16-22(17-15-21)32-25-12-6-4-10-23(25)24-11-5-7-13-26(24)32;1-26(2)21-11-7-6-10-19(21)20-13-12-18(16-22(20)26)24-23(17-8-4-3-5-9-17)27-25-28(24)14-15-29-25;1-2-7-16(8-3-1)20-19(22-21-23(20)12-13-24-21)18-11-10-15-6-4-5-9-17(15)14-18;1-3-7-13(8-4-1)15-16(14-9-5-2-6-10-14)19-11-12-20-17(19)18-15/h3-18H,1-2H3;1-19H;3-16H,1-2H3;1-14H;1-12H. The predicted octanol–water partition coefficient (Wildman–Crippen LogP) is 28.6. The molecule has 2 aliphatic carbocycles. The van der Waals surface area contributed by atoms with E-state index in [1.807, 2.05) is 12.1 Å². The van der Waals surface area contributed by atoms with Crippen LogP contribution in [0, 0.1) is 0 Å². The van der Waals surface area contributed by atoms with Gasteiger partial charge in [0.1, 0.15) is 0 Å². The molecule has 2 aliphatic rings. The van der Waals surface area contributed by atoms with Crippen molar-refractivity contribution >= 4 is 138 Å². The van der Waals surface area contributed by atoms with Gasteiger partial charge in [0.15, 0.2) is 0 Å². The van der Waals surface area contributed by atoms with Gasteiger partial charge in [0.05, 0.1) is 0 Å². The third kappa shape index (κ3) is 15.4. The summed E-state index contributed by atoms with van der Waals surface area (Å²) in [4.78, 5) is 36.2. The number of imidazole rings is 5. The summed E-state index contributed by atoms with van der Waals surface area (Å²) in [7, 11) is 0. The van der Waals surface area contributed by atoms with E-state index >= 15 is 0 Å². The van der Waals surface area contributed by atoms with Crippen LogP contribution in [0.4, 0.5) is 0 Å². The second-order valence-electron chi connectivity index (χ2n) is 36.1. The zero-order valence-electron chi connectivity index (χ0n) is 76.3. The topological polar surface area (TPSA) is 91.4 Å². The van der Waals surface area contributed by atoms with Gasteiger partial charge >= 0.3 is 841 Å². The Morgan fingerprint density at radius 3 is 0.813 bits per heavy atom. The number of nitrogens with zero attached hydrogens (tertiary/aromatic N) is 11. The summed E-state index contributed by atoms with van der Waals surface area (Å²) in [5.41, 5.74) is 38.0. The SMILES string of the molecule is CC1(C)c2ccccc2-c2ccc(-c3c(-c4ccc5ccccc5c4)nc4[se]ccn34)cc21.CC1(C)c2ccccc2-c2ccc(-c3c(-c4ccccc4)nc4[se]ccn34)cc21.c1ccc(-c2c(-c3ccc4ccccc4c3)nc3[se]ccn23)cc1.c1ccc(-c2nc3[se]ccn3c2-c2ccc(-n3c4ccccc4c4ccccc43)cc2)cc1.c1ccc(-c2nc3[se]ccn3c2-c2ccccc2)cc1. The zero-order chi connectivity index (χ0) is 92.8. The van der Waals surface area contributed by atoms with E-state index in [4.69, 9.17) is 24.9 Å². The average Bonchev–Trinajstić information content (AvgIpc) is 1.56. The molecule has 27 aromatic rings. The van der Waals surface area contributed by atoms with Crippen LogP contribution in [0.2, 0.25) is 0 Å². The molecule has 0 bridgehead atoms. The van der Waals surface area contributed by atoms with E-state index in [2.05, 4.69) is 492 Å². The molecule has 0 fully saturated rings. The van der Waals surface area contributed by atoms with E-state index in [0.29, 0.717) is 43.5 Å². The van der Waals surface area contributed by atoms with Gasteiger partial charge in [0, 0.05) is 0 Å². The molecular formula is C123H87N11Se5. The first-order valence-electron chi connectivity index (χ1n) is 46.6. The third-order valence-electron chi connectivity index (χ3n) is 27.3. The molecule has 0 unspecified atom stereocenters. The number of fused-ring (bicyclic) bond motifs is 16. The second kappa shape index (κ2) is 35.9. The molecule has 0 saturated carbocycles. The molecule has 0 amide bonds. The van der Waals surface area contributed by atoms with Crippen molar-refractivity contribution in [3.63, 3.8) is 0 Å². The number of benzene rings is 16. The van der Waals surface area contributed by atoms with E-state index in [0.717, 1.165) is 38.6 Å². The first kappa shape index (κ1) is 85.8. The first-order chi connectivity index (χ1) is 68.5. The predicted molar refractivity (Wildman–Crippen MR) is 579 cm³/mol. The van der Waals surface area contributed by atoms with Crippen LogP contribution >= 0.6 is 0 Å². The van der Waals surface area contributed by atoms with Crippen LogP contribution in [0.5, 0.6) is 0 Å². The van der Waals surface area contributed by atoms with Crippen molar-refractivity contribution in [1.82, 2.24) is 51.5 Å². The summed E-state index contributed by atoms with van der Waals surface area (Å²) in [6, 6.07) is 141. The maximum absolute atomic E-state index is 5.14. The molecule has 16 heteroatoms. The number of aromatic nitrogens is 11. The third-order valence-corrected chi connectivity index (χ3v) is 35.2. The first-order valence-corrected chi connectivity index (χ1v) is 55.8. The molecule has 664 valence electrons. The molecule has 29 rings (SSSR count). The molecule has 0 N–H and O–H groups in total. The van der Waals surface area contributed by atoms with Crippen LogP contribution in [0.25, 0.3) is 206 Å². The van der Waals surface area contributed by atoms with Crippen molar-refractivity contribution in [3.05, 3.63) is 472 Å². The van der Waals surface area contributed by atoms with Crippen molar-refractivity contribution in [2.45, 2.75) is 38.5 Å². The normalized spacial score (nSPS) is 12.6. The molecule has 0 aliphatic heterocycles. The van der Waals surface area contributed by atoms with E-state index in [1.165, 1.54) is 190 Å². The van der Waals surface area contributed by atoms with E-state index in [9.17, 15) is 0 Å². The average molecular weight is 2110 g/mol. The molecular weight excluding hydrogens is 2030 g/mol. The number of hydrogen-bond donors (Lipinski definition) is 0. The van der Waals surface area contributed by atoms with Gasteiger partial charge < -0.3 is 0 Å². The van der Waals surface area contributed by atoms with Gasteiger partial charge in [-0.25, -0.2) is 0 Å². The van der Waals surface area contributed by atoms with Gasteiger partial charge in [-0.3, -0.25) is 0 Å². The van der Waals surface area contributed by atoms with Crippen LogP contribution < -0.4 is 0 Å². The van der Waals surface area contributed by atoms with Crippen molar-refractivity contribution in [2.24, 2.45) is 0 Å². The monoisotopic (exact) mass is 2120 g/mol. The minimum atomic E-state index is -0.0152. The Labute approximate surface area is 833 Å². The van der Waals surface area contributed by atoms with Gasteiger partial charge in [-0.2, -0.15) is 0 Å². The van der Waals surface area contributed by atoms with Crippen molar-refractivity contribution in [3.8, 4) is 141 Å². The van der Waals surface area contributed by atoms with Gasteiger partial charge in [0.25, 0.3) is 0 Å². The second-order valence-corrected chi connectivity index (χ2v) is 45.2. The van der Waals surface area contributed by atoms with Crippen molar-refractivity contribution < 1.29 is 0 Å². The van der Waals surface area contributed by atoms with Crippen LogP contribution in [0.15, 0.2) is 450 Å². The Morgan fingerprint density at radius 2 is 0.460 bits per heavy atom. The van der Waals surface area contributed by atoms with Gasteiger partial charge in [-0.15, -0.1) is 0 Å². The molecule has 0 saturated heterocycles. The molecule has 11 heterocycles. The van der Waals surface area contributed by atoms with Crippen LogP contribution in [0.3, 0.4) is 0 Å². The summed E-state index contributed by atoms with van der Waals surface area (Å²) in [5, 5.41) is 7.59. The fourth-order valence-electron chi connectivity index (χ4n) is 20.6. The number of para-hydroxylation sites is 2. The van der Waals surface area contributed by atoms with Crippen LogP contribution in [-0.2, 0) is 10.8 Å². The Hall–Kier alpha value is -14.8. The van der Waals surface area contributed by atoms with E-state index in [1.54, 1.807) is 0 Å². The Bertz CT molecular complexity index is 9220. The molecule has 139 heavy (non-hydrogen) atoms. The van der Waals surface area contributed by atoms with Crippen molar-refractivity contribution in [1.29, 1.82) is 0 Å². The summed E-state index contributed by atoms with van der Waals surface area (Å²) in [6.45, 7) is 9.36. The molecule has 16 aromatic carbocycles. The Morgan fingerprint density at radius 1 is 0.201 bits per heavy atom. The van der Waals surface area contributed by atoms with Gasteiger partial charge in [-0.05, 0) is 0 Å². The fraction of sp³-hybridized carbons (Fsp3) is 0.0488. The Kier molecular flexibility index (Phi) is 22.2. The summed E-state index contributed by atoms with van der Waals surface area (Å²) >= 11 is 1.52. The maximum atomic E-state index is 5.14.